The molecular formula is C33H36ClN5O3. The first kappa shape index (κ1) is 29.4. The summed E-state index contributed by atoms with van der Waals surface area (Å²) in [6.45, 7) is 8.26. The minimum atomic E-state index is -0.497. The summed E-state index contributed by atoms with van der Waals surface area (Å²) in [6.07, 6.45) is 5.20. The molecule has 0 bridgehead atoms. The highest BCUT2D eigenvalue weighted by Crippen LogP contribution is 2.30. The number of anilines is 2. The van der Waals surface area contributed by atoms with Crippen molar-refractivity contribution in [2.75, 3.05) is 23.7 Å². The molecule has 8 nitrogen and oxygen atoms in total. The van der Waals surface area contributed by atoms with E-state index in [1.165, 1.54) is 5.56 Å². The molecule has 9 heteroatoms. The van der Waals surface area contributed by atoms with Crippen LogP contribution in [0.5, 0.6) is 0 Å². The highest BCUT2D eigenvalue weighted by molar-refractivity contribution is 6.30. The molecule has 42 heavy (non-hydrogen) atoms. The van der Waals surface area contributed by atoms with Crippen LogP contribution in [0, 0.1) is 0 Å². The van der Waals surface area contributed by atoms with Gasteiger partial charge in [0.25, 0.3) is 0 Å². The third-order valence-electron chi connectivity index (χ3n) is 7.10. The summed E-state index contributed by atoms with van der Waals surface area (Å²) in [4.78, 5) is 31.4. The molecule has 0 spiro atoms. The normalized spacial score (nSPS) is 14.4. The van der Waals surface area contributed by atoms with Gasteiger partial charge in [-0.3, -0.25) is 9.88 Å². The first-order chi connectivity index (χ1) is 20.1. The van der Waals surface area contributed by atoms with E-state index in [2.05, 4.69) is 44.0 Å². The van der Waals surface area contributed by atoms with Crippen molar-refractivity contribution < 1.29 is 14.3 Å². The van der Waals surface area contributed by atoms with Crippen molar-refractivity contribution in [2.45, 2.75) is 51.8 Å². The molecule has 5 rings (SSSR count). The summed E-state index contributed by atoms with van der Waals surface area (Å²) in [6, 6.07) is 21.0. The average molecular weight is 586 g/mol. The standard InChI is InChI=1S/C33H36ClN5O3/c1-33(2,3)42-32(41)38-28-14-16-39(17-15-28)21-22-4-5-24-19-35-20-30(29(24)18-22)23-6-10-26(11-7-23)36-31(40)37-27-12-8-25(34)9-13-27/h4-13,18-20,28H,14-17,21H2,1-3H3,(H,38,41)(H2,36,37,40). The topological polar surface area (TPSA) is 95.6 Å². The fourth-order valence-electron chi connectivity index (χ4n) is 5.07. The van der Waals surface area contributed by atoms with Gasteiger partial charge in [-0.25, -0.2) is 9.59 Å². The van der Waals surface area contributed by atoms with Crippen LogP contribution < -0.4 is 16.0 Å². The Hall–Kier alpha value is -4.14. The molecule has 1 aromatic heterocycles. The average Bonchev–Trinajstić information content (AvgIpc) is 2.94. The molecule has 3 amide bonds. The molecule has 1 aliphatic rings. The van der Waals surface area contributed by atoms with Crippen LogP contribution in [-0.4, -0.2) is 46.7 Å². The molecular weight excluding hydrogens is 550 g/mol. The van der Waals surface area contributed by atoms with Gasteiger partial charge in [-0.15, -0.1) is 0 Å². The summed E-state index contributed by atoms with van der Waals surface area (Å²) in [7, 11) is 0. The van der Waals surface area contributed by atoms with Crippen LogP contribution in [0.15, 0.2) is 79.1 Å². The number of halogens is 1. The Bertz CT molecular complexity index is 1540. The van der Waals surface area contributed by atoms with E-state index in [1.807, 2.05) is 57.4 Å². The second-order valence-electron chi connectivity index (χ2n) is 11.6. The Morgan fingerprint density at radius 1 is 0.929 bits per heavy atom. The fraction of sp³-hybridized carbons (Fsp3) is 0.303. The number of nitrogens with zero attached hydrogens (tertiary/aromatic N) is 2. The van der Waals surface area contributed by atoms with E-state index in [0.717, 1.165) is 54.4 Å². The largest absolute Gasteiger partial charge is 0.444 e. The van der Waals surface area contributed by atoms with Crippen LogP contribution in [0.3, 0.4) is 0 Å². The molecule has 0 saturated carbocycles. The number of amides is 3. The highest BCUT2D eigenvalue weighted by atomic mass is 35.5. The number of piperidine rings is 1. The highest BCUT2D eigenvalue weighted by Gasteiger charge is 2.23. The minimum absolute atomic E-state index is 0.131. The SMILES string of the molecule is CC(C)(C)OC(=O)NC1CCN(Cc2ccc3cncc(-c4ccc(NC(=O)Nc5ccc(Cl)cc5)cc4)c3c2)CC1. The molecule has 1 fully saturated rings. The second kappa shape index (κ2) is 12.8. The van der Waals surface area contributed by atoms with Gasteiger partial charge in [0.05, 0.1) is 0 Å². The van der Waals surface area contributed by atoms with Gasteiger partial charge in [0.1, 0.15) is 5.60 Å². The summed E-state index contributed by atoms with van der Waals surface area (Å²) in [5, 5.41) is 11.5. The molecule has 2 heterocycles. The van der Waals surface area contributed by atoms with Gasteiger partial charge in [-0.1, -0.05) is 35.9 Å². The monoisotopic (exact) mass is 585 g/mol. The zero-order valence-electron chi connectivity index (χ0n) is 24.1. The van der Waals surface area contributed by atoms with E-state index in [9.17, 15) is 9.59 Å². The number of nitrogens with one attached hydrogen (secondary N) is 3. The maximum atomic E-state index is 12.4. The van der Waals surface area contributed by atoms with Crippen molar-refractivity contribution in [2.24, 2.45) is 0 Å². The minimum Gasteiger partial charge on any atom is -0.444 e. The van der Waals surface area contributed by atoms with Gasteiger partial charge in [0.15, 0.2) is 0 Å². The molecule has 0 atom stereocenters. The molecule has 3 aromatic carbocycles. The van der Waals surface area contributed by atoms with E-state index in [-0.39, 0.29) is 18.2 Å². The van der Waals surface area contributed by atoms with Crippen LogP contribution >= 0.6 is 11.6 Å². The molecule has 0 radical (unpaired) electrons. The smallest absolute Gasteiger partial charge is 0.407 e. The Kier molecular flexibility index (Phi) is 8.94. The molecule has 218 valence electrons. The zero-order chi connectivity index (χ0) is 29.7. The molecule has 1 aliphatic heterocycles. The van der Waals surface area contributed by atoms with Crippen LogP contribution in [0.25, 0.3) is 21.9 Å². The number of ether oxygens (including phenoxy) is 1. The van der Waals surface area contributed by atoms with E-state index in [4.69, 9.17) is 16.3 Å². The Labute approximate surface area is 251 Å². The number of rotatable bonds is 6. The number of pyridine rings is 1. The zero-order valence-corrected chi connectivity index (χ0v) is 24.9. The lowest BCUT2D eigenvalue weighted by Gasteiger charge is -2.33. The predicted octanol–water partition coefficient (Wildman–Crippen LogP) is 7.69. The number of fused-ring (bicyclic) bond motifs is 1. The molecule has 3 N–H and O–H groups in total. The number of hydrogen-bond acceptors (Lipinski definition) is 5. The van der Waals surface area contributed by atoms with Crippen molar-refractivity contribution in [1.82, 2.24) is 15.2 Å². The molecule has 4 aromatic rings. The first-order valence-electron chi connectivity index (χ1n) is 14.1. The third-order valence-corrected chi connectivity index (χ3v) is 7.35. The van der Waals surface area contributed by atoms with Gasteiger partial charge in [-0.2, -0.15) is 0 Å². The summed E-state index contributed by atoms with van der Waals surface area (Å²) in [5.74, 6) is 0. The molecule has 1 saturated heterocycles. The lowest BCUT2D eigenvalue weighted by Crippen LogP contribution is -2.45. The first-order valence-corrected chi connectivity index (χ1v) is 14.5. The van der Waals surface area contributed by atoms with Crippen LogP contribution in [-0.2, 0) is 11.3 Å². The summed E-state index contributed by atoms with van der Waals surface area (Å²) in [5.41, 5.74) is 4.13. The number of likely N-dealkylation sites (tertiary alicyclic amines) is 1. The summed E-state index contributed by atoms with van der Waals surface area (Å²) >= 11 is 5.92. The number of aromatic nitrogens is 1. The molecule has 0 aliphatic carbocycles. The number of hydrogen-bond donors (Lipinski definition) is 3. The molecule has 0 unspecified atom stereocenters. The van der Waals surface area contributed by atoms with E-state index in [0.29, 0.717) is 16.4 Å². The fourth-order valence-corrected chi connectivity index (χ4v) is 5.19. The third kappa shape index (κ3) is 7.99. The number of urea groups is 1. The lowest BCUT2D eigenvalue weighted by atomic mass is 9.98. The summed E-state index contributed by atoms with van der Waals surface area (Å²) < 4.78 is 5.41. The van der Waals surface area contributed by atoms with Crippen molar-refractivity contribution >= 4 is 45.9 Å². The van der Waals surface area contributed by atoms with Gasteiger partial charge >= 0.3 is 12.1 Å². The van der Waals surface area contributed by atoms with Gasteiger partial charge < -0.3 is 20.7 Å². The number of benzene rings is 3. The van der Waals surface area contributed by atoms with Gasteiger partial charge in [-0.05, 0) is 92.6 Å². The maximum Gasteiger partial charge on any atom is 0.407 e. The Morgan fingerprint density at radius 2 is 1.57 bits per heavy atom. The second-order valence-corrected chi connectivity index (χ2v) is 12.0. The van der Waals surface area contributed by atoms with Crippen LogP contribution in [0.4, 0.5) is 21.0 Å². The van der Waals surface area contributed by atoms with Crippen molar-refractivity contribution in [1.29, 1.82) is 0 Å². The van der Waals surface area contributed by atoms with Crippen LogP contribution in [0.2, 0.25) is 5.02 Å². The van der Waals surface area contributed by atoms with E-state index < -0.39 is 5.60 Å². The van der Waals surface area contributed by atoms with Crippen LogP contribution in [0.1, 0.15) is 39.2 Å². The Balaban J connectivity index is 1.21. The van der Waals surface area contributed by atoms with Crippen molar-refractivity contribution in [3.05, 3.63) is 89.7 Å². The van der Waals surface area contributed by atoms with Gasteiger partial charge in [0, 0.05) is 65.4 Å². The Morgan fingerprint density at radius 3 is 2.21 bits per heavy atom. The maximum absolute atomic E-state index is 12.4. The van der Waals surface area contributed by atoms with Gasteiger partial charge in [0.2, 0.25) is 0 Å². The number of alkyl carbamates (subject to hydrolysis) is 1. The lowest BCUT2D eigenvalue weighted by molar-refractivity contribution is 0.0477. The van der Waals surface area contributed by atoms with E-state index in [1.54, 1.807) is 24.3 Å². The number of carbonyl (C=O) groups is 2. The van der Waals surface area contributed by atoms with Crippen molar-refractivity contribution in [3.63, 3.8) is 0 Å². The quantitative estimate of drug-likeness (QED) is 0.216. The van der Waals surface area contributed by atoms with Crippen molar-refractivity contribution in [3.8, 4) is 11.1 Å². The predicted molar refractivity (Wildman–Crippen MR) is 169 cm³/mol. The number of carbonyl (C=O) groups excluding carboxylic acids is 2. The van der Waals surface area contributed by atoms with E-state index >= 15 is 0 Å².